The zero-order chi connectivity index (χ0) is 17.6. The minimum absolute atomic E-state index is 0.0870. The summed E-state index contributed by atoms with van der Waals surface area (Å²) >= 11 is 11.7. The fourth-order valence-electron chi connectivity index (χ4n) is 2.04. The number of nitrogens with zero attached hydrogens (tertiary/aromatic N) is 1. The van der Waals surface area contributed by atoms with Crippen molar-refractivity contribution in [3.63, 3.8) is 0 Å². The quantitative estimate of drug-likeness (QED) is 0.692. The van der Waals surface area contributed by atoms with E-state index in [1.807, 2.05) is 13.8 Å². The van der Waals surface area contributed by atoms with Gasteiger partial charge in [0.2, 0.25) is 10.0 Å². The van der Waals surface area contributed by atoms with E-state index in [4.69, 9.17) is 28.3 Å². The first-order valence-corrected chi connectivity index (χ1v) is 9.67. The monoisotopic (exact) mass is 381 g/mol. The predicted octanol–water partition coefficient (Wildman–Crippen LogP) is 4.28. The molecule has 8 heteroatoms. The maximum Gasteiger partial charge on any atom is 0.337 e. The normalized spacial score (nSPS) is 11.9. The second kappa shape index (κ2) is 8.87. The third kappa shape index (κ3) is 5.08. The Labute approximate surface area is 147 Å². The fourth-order valence-corrected chi connectivity index (χ4v) is 4.08. The van der Waals surface area contributed by atoms with Gasteiger partial charge in [-0.2, -0.15) is 4.31 Å². The van der Waals surface area contributed by atoms with Gasteiger partial charge < -0.3 is 5.11 Å². The molecule has 0 aliphatic rings. The number of sulfonamides is 1. The molecule has 0 aromatic heterocycles. The highest BCUT2D eigenvalue weighted by atomic mass is 35.5. The van der Waals surface area contributed by atoms with E-state index in [1.54, 1.807) is 0 Å². The second-order valence-electron chi connectivity index (χ2n) is 5.18. The Morgan fingerprint density at radius 1 is 1.13 bits per heavy atom. The van der Waals surface area contributed by atoms with Crippen LogP contribution in [0, 0.1) is 0 Å². The Balaban J connectivity index is 3.30. The Morgan fingerprint density at radius 3 is 2.09 bits per heavy atom. The van der Waals surface area contributed by atoms with Crippen LogP contribution in [0.15, 0.2) is 17.0 Å². The van der Waals surface area contributed by atoms with Gasteiger partial charge in [0.1, 0.15) is 0 Å². The van der Waals surface area contributed by atoms with Gasteiger partial charge in [-0.25, -0.2) is 13.2 Å². The van der Waals surface area contributed by atoms with Crippen LogP contribution in [0.5, 0.6) is 0 Å². The second-order valence-corrected chi connectivity index (χ2v) is 7.91. The van der Waals surface area contributed by atoms with Crippen LogP contribution in [-0.4, -0.2) is 36.9 Å². The van der Waals surface area contributed by atoms with Crippen LogP contribution in [0.1, 0.15) is 49.9 Å². The number of carboxylic acids is 1. The predicted molar refractivity (Wildman–Crippen MR) is 92.0 cm³/mol. The molecule has 0 amide bonds. The number of rotatable bonds is 9. The van der Waals surface area contributed by atoms with Crippen molar-refractivity contribution in [2.75, 3.05) is 13.1 Å². The number of carboxylic acid groups (broad SMARTS) is 1. The molecule has 130 valence electrons. The lowest BCUT2D eigenvalue weighted by molar-refractivity contribution is 0.0697. The van der Waals surface area contributed by atoms with Crippen molar-refractivity contribution >= 4 is 39.2 Å². The Hall–Kier alpha value is -0.820. The molecule has 1 aromatic carbocycles. The Bertz CT molecular complexity index is 654. The lowest BCUT2D eigenvalue weighted by Crippen LogP contribution is -2.33. The molecule has 0 fully saturated rings. The van der Waals surface area contributed by atoms with Gasteiger partial charge in [0.05, 0.1) is 20.5 Å². The van der Waals surface area contributed by atoms with Crippen LogP contribution in [-0.2, 0) is 10.0 Å². The van der Waals surface area contributed by atoms with Crippen molar-refractivity contribution in [1.29, 1.82) is 0 Å². The van der Waals surface area contributed by atoms with Crippen LogP contribution in [0.2, 0.25) is 10.0 Å². The summed E-state index contributed by atoms with van der Waals surface area (Å²) in [7, 11) is -3.81. The Morgan fingerprint density at radius 2 is 1.65 bits per heavy atom. The maximum atomic E-state index is 12.8. The van der Waals surface area contributed by atoms with E-state index >= 15 is 0 Å². The average molecular weight is 382 g/mol. The van der Waals surface area contributed by atoms with Crippen molar-refractivity contribution in [3.8, 4) is 0 Å². The third-order valence-corrected chi connectivity index (χ3v) is 6.07. The van der Waals surface area contributed by atoms with Crippen LogP contribution in [0.25, 0.3) is 0 Å². The highest BCUT2D eigenvalue weighted by Gasteiger charge is 2.26. The molecule has 23 heavy (non-hydrogen) atoms. The van der Waals surface area contributed by atoms with Crippen molar-refractivity contribution in [3.05, 3.63) is 27.7 Å². The zero-order valence-electron chi connectivity index (χ0n) is 13.2. The number of hydrogen-bond acceptors (Lipinski definition) is 3. The molecule has 0 aliphatic carbocycles. The topological polar surface area (TPSA) is 74.7 Å². The first kappa shape index (κ1) is 20.2. The van der Waals surface area contributed by atoms with Crippen molar-refractivity contribution < 1.29 is 18.3 Å². The van der Waals surface area contributed by atoms with Crippen LogP contribution < -0.4 is 0 Å². The number of aromatic carboxylic acids is 1. The zero-order valence-corrected chi connectivity index (χ0v) is 15.5. The van der Waals surface area contributed by atoms with E-state index < -0.39 is 16.0 Å². The minimum atomic E-state index is -3.81. The molecule has 0 bridgehead atoms. The van der Waals surface area contributed by atoms with E-state index in [0.29, 0.717) is 13.1 Å². The van der Waals surface area contributed by atoms with E-state index in [0.717, 1.165) is 31.7 Å². The van der Waals surface area contributed by atoms with E-state index in [9.17, 15) is 13.2 Å². The SMILES string of the molecule is CCCCN(CCCC)S(=O)(=O)c1cc(Cl)c(Cl)c(C(=O)O)c1. The molecule has 0 radical (unpaired) electrons. The van der Waals surface area contributed by atoms with E-state index in [1.165, 1.54) is 10.4 Å². The molecular weight excluding hydrogens is 361 g/mol. The first-order chi connectivity index (χ1) is 10.8. The molecule has 1 rings (SSSR count). The van der Waals surface area contributed by atoms with Crippen molar-refractivity contribution in [1.82, 2.24) is 4.31 Å². The summed E-state index contributed by atoms with van der Waals surface area (Å²) in [5.74, 6) is -1.32. The van der Waals surface area contributed by atoms with E-state index in [-0.39, 0.29) is 20.5 Å². The number of unbranched alkanes of at least 4 members (excludes halogenated alkanes) is 2. The lowest BCUT2D eigenvalue weighted by atomic mass is 10.2. The highest BCUT2D eigenvalue weighted by Crippen LogP contribution is 2.31. The van der Waals surface area contributed by atoms with Crippen molar-refractivity contribution in [2.24, 2.45) is 0 Å². The molecule has 0 unspecified atom stereocenters. The number of benzene rings is 1. The maximum absolute atomic E-state index is 12.8. The van der Waals surface area contributed by atoms with Gasteiger partial charge in [-0.1, -0.05) is 49.9 Å². The van der Waals surface area contributed by atoms with Gasteiger partial charge in [0, 0.05) is 13.1 Å². The Kier molecular flexibility index (Phi) is 7.80. The van der Waals surface area contributed by atoms with Crippen LogP contribution in [0.3, 0.4) is 0 Å². The smallest absolute Gasteiger partial charge is 0.337 e. The molecular formula is C15H21Cl2NO4S. The molecule has 0 saturated heterocycles. The van der Waals surface area contributed by atoms with Gasteiger partial charge in [-0.15, -0.1) is 0 Å². The number of halogens is 2. The van der Waals surface area contributed by atoms with Crippen LogP contribution in [0.4, 0.5) is 0 Å². The van der Waals surface area contributed by atoms with Crippen LogP contribution >= 0.6 is 23.2 Å². The minimum Gasteiger partial charge on any atom is -0.478 e. The molecule has 5 nitrogen and oxygen atoms in total. The lowest BCUT2D eigenvalue weighted by Gasteiger charge is -2.22. The summed E-state index contributed by atoms with van der Waals surface area (Å²) in [5.41, 5.74) is -0.316. The molecule has 1 aromatic rings. The number of hydrogen-bond donors (Lipinski definition) is 1. The fraction of sp³-hybridized carbons (Fsp3) is 0.533. The van der Waals surface area contributed by atoms with Gasteiger partial charge in [0.15, 0.2) is 0 Å². The van der Waals surface area contributed by atoms with E-state index in [2.05, 4.69) is 0 Å². The highest BCUT2D eigenvalue weighted by molar-refractivity contribution is 7.89. The van der Waals surface area contributed by atoms with Gasteiger partial charge in [-0.3, -0.25) is 0 Å². The average Bonchev–Trinajstić information content (AvgIpc) is 2.49. The standard InChI is InChI=1S/C15H21Cl2NO4S/c1-3-5-7-18(8-6-4-2)23(21,22)11-9-12(15(19)20)14(17)13(16)10-11/h9-10H,3-8H2,1-2H3,(H,19,20). The molecule has 0 saturated carbocycles. The summed E-state index contributed by atoms with van der Waals surface area (Å²) in [5, 5.41) is 8.90. The van der Waals surface area contributed by atoms with Crippen molar-refractivity contribution in [2.45, 2.75) is 44.4 Å². The molecule has 0 atom stereocenters. The number of carbonyl (C=O) groups is 1. The summed E-state index contributed by atoms with van der Waals surface area (Å²) in [6.07, 6.45) is 3.19. The summed E-state index contributed by atoms with van der Waals surface area (Å²) < 4.78 is 27.0. The molecule has 1 N–H and O–H groups in total. The van der Waals surface area contributed by atoms with Gasteiger partial charge >= 0.3 is 5.97 Å². The molecule has 0 spiro atoms. The van der Waals surface area contributed by atoms with Gasteiger partial charge in [-0.05, 0) is 25.0 Å². The third-order valence-electron chi connectivity index (χ3n) is 3.39. The van der Waals surface area contributed by atoms with Gasteiger partial charge in [0.25, 0.3) is 0 Å². The largest absolute Gasteiger partial charge is 0.478 e. The molecule has 0 heterocycles. The summed E-state index contributed by atoms with van der Waals surface area (Å²) in [4.78, 5) is 11.1. The summed E-state index contributed by atoms with van der Waals surface area (Å²) in [6.45, 7) is 4.74. The summed E-state index contributed by atoms with van der Waals surface area (Å²) in [6, 6.07) is 2.27. The molecule has 0 aliphatic heterocycles. The first-order valence-electron chi connectivity index (χ1n) is 7.48.